The van der Waals surface area contributed by atoms with Crippen LogP contribution in [-0.2, 0) is 9.59 Å². The summed E-state index contributed by atoms with van der Waals surface area (Å²) >= 11 is 0. The fourth-order valence-electron chi connectivity index (χ4n) is 1.13. The molecule has 0 saturated carbocycles. The Labute approximate surface area is 96.0 Å². The first kappa shape index (κ1) is 10.9. The molecule has 86 valence electrons. The number of hydrogen-bond donors (Lipinski definition) is 0. The highest BCUT2D eigenvalue weighted by molar-refractivity contribution is 6.33. The minimum absolute atomic E-state index is 0.142. The van der Waals surface area contributed by atoms with Gasteiger partial charge < -0.3 is 4.74 Å². The number of aromatic nitrogens is 4. The molecule has 0 amide bonds. The number of tetrazole rings is 1. The maximum Gasteiger partial charge on any atom is 0.382 e. The molecular formula is C10H8N4O3. The molecule has 0 atom stereocenters. The quantitative estimate of drug-likeness (QED) is 0.553. The van der Waals surface area contributed by atoms with Gasteiger partial charge in [-0.05, 0) is 22.6 Å². The van der Waals surface area contributed by atoms with Gasteiger partial charge in [0.25, 0.3) is 0 Å². The van der Waals surface area contributed by atoms with E-state index in [0.29, 0.717) is 5.69 Å². The molecule has 1 aromatic heterocycles. The number of carbonyl (C=O) groups excluding carboxylic acids is 2. The van der Waals surface area contributed by atoms with Crippen LogP contribution in [-0.4, -0.2) is 32.0 Å². The lowest BCUT2D eigenvalue weighted by atomic mass is 10.3. The van der Waals surface area contributed by atoms with Gasteiger partial charge in [0.15, 0.2) is 0 Å². The summed E-state index contributed by atoms with van der Waals surface area (Å²) in [6.45, 7) is 1.11. The van der Waals surface area contributed by atoms with Crippen LogP contribution < -0.4 is 4.74 Å². The second-order valence-corrected chi connectivity index (χ2v) is 3.15. The number of Topliss-reactive ketones (excluding diaryl/α,β-unsaturated/α-hetero) is 1. The van der Waals surface area contributed by atoms with Crippen molar-refractivity contribution >= 4 is 11.8 Å². The third kappa shape index (κ3) is 2.33. The van der Waals surface area contributed by atoms with E-state index >= 15 is 0 Å². The van der Waals surface area contributed by atoms with E-state index in [4.69, 9.17) is 4.74 Å². The molecule has 0 saturated heterocycles. The highest BCUT2D eigenvalue weighted by Crippen LogP contribution is 2.12. The lowest BCUT2D eigenvalue weighted by Crippen LogP contribution is -2.19. The number of benzene rings is 1. The van der Waals surface area contributed by atoms with Crippen LogP contribution in [0.3, 0.4) is 0 Å². The van der Waals surface area contributed by atoms with Gasteiger partial charge in [0.05, 0.1) is 5.69 Å². The van der Waals surface area contributed by atoms with E-state index < -0.39 is 11.8 Å². The SMILES string of the molecule is CC(=O)C(=O)Oc1nnnn1-c1ccccc1. The van der Waals surface area contributed by atoms with Crippen molar-refractivity contribution in [3.05, 3.63) is 30.3 Å². The number of carbonyl (C=O) groups is 2. The van der Waals surface area contributed by atoms with Crippen molar-refractivity contribution in [1.82, 2.24) is 20.2 Å². The van der Waals surface area contributed by atoms with Crippen LogP contribution in [0.15, 0.2) is 30.3 Å². The Balaban J connectivity index is 2.30. The molecule has 0 bridgehead atoms. The predicted octanol–water partition coefficient (Wildman–Crippen LogP) is 0.157. The molecule has 1 heterocycles. The van der Waals surface area contributed by atoms with Crippen LogP contribution in [0.25, 0.3) is 5.69 Å². The number of nitrogens with zero attached hydrogens (tertiary/aromatic N) is 4. The number of ketones is 1. The molecule has 1 aromatic carbocycles. The fraction of sp³-hybridized carbons (Fsp3) is 0.100. The van der Waals surface area contributed by atoms with E-state index in [2.05, 4.69) is 15.5 Å². The molecule has 0 aliphatic heterocycles. The minimum atomic E-state index is -1.00. The highest BCUT2D eigenvalue weighted by atomic mass is 16.6. The van der Waals surface area contributed by atoms with Crippen LogP contribution in [0.2, 0.25) is 0 Å². The molecule has 0 radical (unpaired) electrons. The number of esters is 1. The van der Waals surface area contributed by atoms with Gasteiger partial charge in [0.1, 0.15) is 0 Å². The summed E-state index contributed by atoms with van der Waals surface area (Å²) in [5, 5.41) is 10.6. The van der Waals surface area contributed by atoms with Crippen molar-refractivity contribution < 1.29 is 14.3 Å². The van der Waals surface area contributed by atoms with Gasteiger partial charge in [0, 0.05) is 6.92 Å². The van der Waals surface area contributed by atoms with Crippen molar-refractivity contribution in [2.24, 2.45) is 0 Å². The Kier molecular flexibility index (Phi) is 2.91. The second-order valence-electron chi connectivity index (χ2n) is 3.15. The molecule has 0 N–H and O–H groups in total. The average Bonchev–Trinajstić information content (AvgIpc) is 2.78. The zero-order chi connectivity index (χ0) is 12.3. The number of rotatable bonds is 3. The molecule has 0 spiro atoms. The van der Waals surface area contributed by atoms with E-state index in [-0.39, 0.29) is 6.01 Å². The summed E-state index contributed by atoms with van der Waals surface area (Å²) in [7, 11) is 0. The summed E-state index contributed by atoms with van der Waals surface area (Å²) < 4.78 is 5.96. The molecule has 7 heteroatoms. The van der Waals surface area contributed by atoms with Crippen molar-refractivity contribution in [3.63, 3.8) is 0 Å². The van der Waals surface area contributed by atoms with Crippen molar-refractivity contribution in [1.29, 1.82) is 0 Å². The summed E-state index contributed by atoms with van der Waals surface area (Å²) in [5.74, 6) is -1.72. The second kappa shape index (κ2) is 4.52. The number of ether oxygens (including phenoxy) is 1. The summed E-state index contributed by atoms with van der Waals surface area (Å²) in [6.07, 6.45) is 0. The highest BCUT2D eigenvalue weighted by Gasteiger charge is 2.16. The number of hydrogen-bond acceptors (Lipinski definition) is 6. The van der Waals surface area contributed by atoms with Gasteiger partial charge in [-0.1, -0.05) is 23.3 Å². The van der Waals surface area contributed by atoms with Gasteiger partial charge in [-0.15, -0.1) is 0 Å². The van der Waals surface area contributed by atoms with Crippen molar-refractivity contribution in [2.75, 3.05) is 0 Å². The van der Waals surface area contributed by atoms with Gasteiger partial charge in [0.2, 0.25) is 5.78 Å². The van der Waals surface area contributed by atoms with Crippen molar-refractivity contribution in [2.45, 2.75) is 6.92 Å². The summed E-state index contributed by atoms with van der Waals surface area (Å²) in [5.41, 5.74) is 0.629. The Morgan fingerprint density at radius 2 is 1.94 bits per heavy atom. The van der Waals surface area contributed by atoms with E-state index in [1.165, 1.54) is 4.68 Å². The van der Waals surface area contributed by atoms with E-state index in [1.807, 2.05) is 6.07 Å². The van der Waals surface area contributed by atoms with E-state index in [9.17, 15) is 9.59 Å². The molecule has 0 unspecified atom stereocenters. The van der Waals surface area contributed by atoms with Gasteiger partial charge in [-0.25, -0.2) is 4.79 Å². The lowest BCUT2D eigenvalue weighted by molar-refractivity contribution is -0.146. The molecule has 0 aliphatic rings. The number of para-hydroxylation sites is 1. The topological polar surface area (TPSA) is 87.0 Å². The Bertz CT molecular complexity index is 550. The monoisotopic (exact) mass is 232 g/mol. The zero-order valence-electron chi connectivity index (χ0n) is 8.90. The summed E-state index contributed by atoms with van der Waals surface area (Å²) in [4.78, 5) is 21.9. The first-order valence-corrected chi connectivity index (χ1v) is 4.75. The Morgan fingerprint density at radius 3 is 2.59 bits per heavy atom. The van der Waals surface area contributed by atoms with Crippen molar-refractivity contribution in [3.8, 4) is 11.7 Å². The Morgan fingerprint density at radius 1 is 1.24 bits per heavy atom. The normalized spacial score (nSPS) is 9.94. The molecule has 2 rings (SSSR count). The average molecular weight is 232 g/mol. The van der Waals surface area contributed by atoms with Crippen LogP contribution in [0.4, 0.5) is 0 Å². The standard InChI is InChI=1S/C10H8N4O3/c1-7(15)9(16)17-10-11-12-13-14(10)8-5-3-2-4-6-8/h2-6H,1H3. The fourth-order valence-corrected chi connectivity index (χ4v) is 1.13. The van der Waals surface area contributed by atoms with Crippen LogP contribution in [0, 0.1) is 0 Å². The van der Waals surface area contributed by atoms with Gasteiger partial charge >= 0.3 is 12.0 Å². The minimum Gasteiger partial charge on any atom is -0.384 e. The largest absolute Gasteiger partial charge is 0.384 e. The zero-order valence-corrected chi connectivity index (χ0v) is 8.90. The van der Waals surface area contributed by atoms with E-state index in [1.54, 1.807) is 24.3 Å². The Hall–Kier alpha value is -2.57. The predicted molar refractivity (Wildman–Crippen MR) is 55.5 cm³/mol. The molecule has 7 nitrogen and oxygen atoms in total. The molecular weight excluding hydrogens is 224 g/mol. The third-order valence-electron chi connectivity index (χ3n) is 1.91. The molecule has 0 aliphatic carbocycles. The van der Waals surface area contributed by atoms with Gasteiger partial charge in [-0.2, -0.15) is 4.68 Å². The molecule has 2 aromatic rings. The van der Waals surface area contributed by atoms with Crippen LogP contribution in [0.1, 0.15) is 6.92 Å². The third-order valence-corrected chi connectivity index (χ3v) is 1.91. The molecule has 17 heavy (non-hydrogen) atoms. The lowest BCUT2D eigenvalue weighted by Gasteiger charge is -2.02. The maximum absolute atomic E-state index is 11.1. The maximum atomic E-state index is 11.1. The molecule has 0 fully saturated rings. The first-order valence-electron chi connectivity index (χ1n) is 4.75. The summed E-state index contributed by atoms with van der Waals surface area (Å²) in [6, 6.07) is 8.73. The van der Waals surface area contributed by atoms with Crippen LogP contribution >= 0.6 is 0 Å². The van der Waals surface area contributed by atoms with Gasteiger partial charge in [-0.3, -0.25) is 4.79 Å². The smallest absolute Gasteiger partial charge is 0.382 e. The first-order chi connectivity index (χ1) is 8.18. The van der Waals surface area contributed by atoms with E-state index in [0.717, 1.165) is 6.92 Å². The van der Waals surface area contributed by atoms with Crippen LogP contribution in [0.5, 0.6) is 6.01 Å².